The van der Waals surface area contributed by atoms with E-state index in [0.29, 0.717) is 5.56 Å². The fraction of sp³-hybridized carbons (Fsp3) is 0.200. The first-order valence-electron chi connectivity index (χ1n) is 4.43. The van der Waals surface area contributed by atoms with E-state index in [4.69, 9.17) is 10.5 Å². The third-order valence-electron chi connectivity index (χ3n) is 1.67. The number of carbonyl (C=O) groups excluding carboxylic acids is 2. The molecule has 0 aromatic heterocycles. The molecule has 1 aromatic rings. The van der Waals surface area contributed by atoms with E-state index in [2.05, 4.69) is 5.32 Å². The Kier molecular flexibility index (Phi) is 4.30. The summed E-state index contributed by atoms with van der Waals surface area (Å²) in [5.41, 5.74) is 5.49. The average Bonchev–Trinajstić information content (AvgIpc) is 2.29. The molecule has 0 aliphatic rings. The molecule has 0 bridgehead atoms. The minimum atomic E-state index is -0.479. The van der Waals surface area contributed by atoms with Crippen molar-refractivity contribution >= 4 is 11.9 Å². The van der Waals surface area contributed by atoms with Gasteiger partial charge in [0, 0.05) is 0 Å². The Morgan fingerprint density at radius 1 is 1.27 bits per heavy atom. The highest BCUT2D eigenvalue weighted by atomic mass is 16.5. The van der Waals surface area contributed by atoms with E-state index in [1.165, 1.54) is 0 Å². The van der Waals surface area contributed by atoms with Gasteiger partial charge in [-0.25, -0.2) is 4.79 Å². The molecule has 80 valence electrons. The maximum atomic E-state index is 11.3. The Balaban J connectivity index is 2.34. The second-order valence-electron chi connectivity index (χ2n) is 2.75. The van der Waals surface area contributed by atoms with Gasteiger partial charge in [0.15, 0.2) is 6.73 Å². The van der Waals surface area contributed by atoms with E-state index in [-0.39, 0.29) is 19.2 Å². The molecular formula is C10H12N2O3. The molecule has 5 heteroatoms. The van der Waals surface area contributed by atoms with Gasteiger partial charge in [-0.1, -0.05) is 18.2 Å². The molecule has 0 atom stereocenters. The van der Waals surface area contributed by atoms with Gasteiger partial charge >= 0.3 is 5.97 Å². The minimum Gasteiger partial charge on any atom is -0.441 e. The molecule has 0 fully saturated rings. The second kappa shape index (κ2) is 5.77. The first kappa shape index (κ1) is 11.2. The lowest BCUT2D eigenvalue weighted by Crippen LogP contribution is -2.32. The molecule has 0 spiro atoms. The first-order valence-corrected chi connectivity index (χ1v) is 4.43. The lowest BCUT2D eigenvalue weighted by Gasteiger charge is -2.05. The summed E-state index contributed by atoms with van der Waals surface area (Å²) in [4.78, 5) is 22.0. The van der Waals surface area contributed by atoms with E-state index >= 15 is 0 Å². The summed E-state index contributed by atoms with van der Waals surface area (Å²) in [6, 6.07) is 8.53. The van der Waals surface area contributed by atoms with Crippen molar-refractivity contribution in [1.82, 2.24) is 5.32 Å². The van der Waals surface area contributed by atoms with Crippen LogP contribution in [-0.4, -0.2) is 25.2 Å². The molecule has 0 radical (unpaired) electrons. The van der Waals surface area contributed by atoms with Crippen molar-refractivity contribution < 1.29 is 14.3 Å². The summed E-state index contributed by atoms with van der Waals surface area (Å²) in [7, 11) is 0. The Morgan fingerprint density at radius 3 is 2.53 bits per heavy atom. The third-order valence-corrected chi connectivity index (χ3v) is 1.67. The Hall–Kier alpha value is -1.88. The minimum absolute atomic E-state index is 0.122. The predicted molar refractivity (Wildman–Crippen MR) is 53.9 cm³/mol. The number of carbonyl (C=O) groups is 2. The summed E-state index contributed by atoms with van der Waals surface area (Å²) in [6.45, 7) is -0.285. The number of hydrogen-bond acceptors (Lipinski definition) is 4. The van der Waals surface area contributed by atoms with Gasteiger partial charge in [-0.15, -0.1) is 0 Å². The van der Waals surface area contributed by atoms with Crippen LogP contribution in [0.2, 0.25) is 0 Å². The molecule has 0 unspecified atom stereocenters. The summed E-state index contributed by atoms with van der Waals surface area (Å²) < 4.78 is 4.77. The van der Waals surface area contributed by atoms with Gasteiger partial charge in [-0.3, -0.25) is 4.79 Å². The SMILES string of the molecule is NCC(=O)NCOC(=O)c1ccccc1. The Bertz CT molecular complexity index is 338. The van der Waals surface area contributed by atoms with Crippen LogP contribution < -0.4 is 11.1 Å². The topological polar surface area (TPSA) is 81.4 Å². The summed E-state index contributed by atoms with van der Waals surface area (Å²) in [6.07, 6.45) is 0. The Morgan fingerprint density at radius 2 is 1.93 bits per heavy atom. The van der Waals surface area contributed by atoms with Crippen molar-refractivity contribution in [1.29, 1.82) is 0 Å². The van der Waals surface area contributed by atoms with Gasteiger partial charge in [0.05, 0.1) is 12.1 Å². The summed E-state index contributed by atoms with van der Waals surface area (Å²) in [5, 5.41) is 2.33. The van der Waals surface area contributed by atoms with Gasteiger partial charge in [-0.2, -0.15) is 0 Å². The Labute approximate surface area is 87.2 Å². The van der Waals surface area contributed by atoms with Crippen molar-refractivity contribution in [3.63, 3.8) is 0 Å². The van der Waals surface area contributed by atoms with Gasteiger partial charge in [0.25, 0.3) is 0 Å². The molecular weight excluding hydrogens is 196 g/mol. The molecule has 0 heterocycles. The monoisotopic (exact) mass is 208 g/mol. The molecule has 5 nitrogen and oxygen atoms in total. The quantitative estimate of drug-likeness (QED) is 0.533. The van der Waals surface area contributed by atoms with Crippen LogP contribution in [-0.2, 0) is 9.53 Å². The number of nitrogens with two attached hydrogens (primary N) is 1. The number of esters is 1. The van der Waals surface area contributed by atoms with Crippen molar-refractivity contribution in [3.05, 3.63) is 35.9 Å². The highest BCUT2D eigenvalue weighted by molar-refractivity contribution is 5.89. The van der Waals surface area contributed by atoms with E-state index < -0.39 is 5.97 Å². The average molecular weight is 208 g/mol. The predicted octanol–water partition coefficient (Wildman–Crippen LogP) is -0.124. The van der Waals surface area contributed by atoms with E-state index in [0.717, 1.165) is 0 Å². The maximum absolute atomic E-state index is 11.3. The van der Waals surface area contributed by atoms with Crippen LogP contribution in [0, 0.1) is 0 Å². The molecule has 15 heavy (non-hydrogen) atoms. The van der Waals surface area contributed by atoms with Crippen molar-refractivity contribution in [2.75, 3.05) is 13.3 Å². The molecule has 1 amide bonds. The van der Waals surface area contributed by atoms with Crippen molar-refractivity contribution in [2.45, 2.75) is 0 Å². The molecule has 0 saturated carbocycles. The molecule has 0 aliphatic heterocycles. The van der Waals surface area contributed by atoms with Gasteiger partial charge in [-0.05, 0) is 12.1 Å². The third kappa shape index (κ3) is 3.78. The lowest BCUT2D eigenvalue weighted by atomic mass is 10.2. The van der Waals surface area contributed by atoms with Crippen LogP contribution in [0.25, 0.3) is 0 Å². The zero-order valence-electron chi connectivity index (χ0n) is 8.10. The highest BCUT2D eigenvalue weighted by Gasteiger charge is 2.05. The molecule has 3 N–H and O–H groups in total. The van der Waals surface area contributed by atoms with Gasteiger partial charge < -0.3 is 15.8 Å². The van der Waals surface area contributed by atoms with E-state index in [9.17, 15) is 9.59 Å². The van der Waals surface area contributed by atoms with E-state index in [1.807, 2.05) is 0 Å². The number of rotatable bonds is 4. The normalized spacial score (nSPS) is 9.40. The van der Waals surface area contributed by atoms with Crippen LogP contribution in [0.1, 0.15) is 10.4 Å². The molecule has 1 rings (SSSR count). The van der Waals surface area contributed by atoms with E-state index in [1.54, 1.807) is 30.3 Å². The van der Waals surface area contributed by atoms with Crippen LogP contribution in [0.3, 0.4) is 0 Å². The number of ether oxygens (including phenoxy) is 1. The second-order valence-corrected chi connectivity index (χ2v) is 2.75. The molecule has 0 aliphatic carbocycles. The fourth-order valence-corrected chi connectivity index (χ4v) is 0.912. The van der Waals surface area contributed by atoms with Crippen molar-refractivity contribution in [3.8, 4) is 0 Å². The zero-order chi connectivity index (χ0) is 11.1. The van der Waals surface area contributed by atoms with Gasteiger partial charge in [0.2, 0.25) is 5.91 Å². The zero-order valence-corrected chi connectivity index (χ0v) is 8.10. The maximum Gasteiger partial charge on any atom is 0.339 e. The number of hydrogen-bond donors (Lipinski definition) is 2. The molecule has 0 saturated heterocycles. The largest absolute Gasteiger partial charge is 0.441 e. The van der Waals surface area contributed by atoms with Crippen LogP contribution in [0.4, 0.5) is 0 Å². The van der Waals surface area contributed by atoms with Crippen molar-refractivity contribution in [2.24, 2.45) is 5.73 Å². The van der Waals surface area contributed by atoms with Crippen LogP contribution in [0.15, 0.2) is 30.3 Å². The summed E-state index contributed by atoms with van der Waals surface area (Å²) in [5.74, 6) is -0.844. The van der Waals surface area contributed by atoms with Gasteiger partial charge in [0.1, 0.15) is 0 Å². The fourth-order valence-electron chi connectivity index (χ4n) is 0.912. The standard InChI is InChI=1S/C10H12N2O3/c11-6-9(13)12-7-15-10(14)8-4-2-1-3-5-8/h1-5H,6-7,11H2,(H,12,13). The highest BCUT2D eigenvalue weighted by Crippen LogP contribution is 1.99. The number of nitrogens with one attached hydrogen (secondary N) is 1. The molecule has 1 aromatic carbocycles. The number of benzene rings is 1. The number of amides is 1. The van der Waals surface area contributed by atoms with Crippen LogP contribution in [0.5, 0.6) is 0 Å². The first-order chi connectivity index (χ1) is 7.24. The smallest absolute Gasteiger partial charge is 0.339 e. The lowest BCUT2D eigenvalue weighted by molar-refractivity contribution is -0.120. The summed E-state index contributed by atoms with van der Waals surface area (Å²) >= 11 is 0. The van der Waals surface area contributed by atoms with Crippen LogP contribution >= 0.6 is 0 Å².